The number of aliphatic carboxylic acids is 1. The lowest BCUT2D eigenvalue weighted by atomic mass is 10.2. The molecule has 0 bridgehead atoms. The van der Waals surface area contributed by atoms with Crippen LogP contribution in [0.5, 0.6) is 0 Å². The van der Waals surface area contributed by atoms with E-state index in [9.17, 15) is 9.59 Å². The molecule has 7 heteroatoms. The number of carboxylic acid groups (broad SMARTS) is 1. The van der Waals surface area contributed by atoms with Crippen LogP contribution in [0.15, 0.2) is 5.38 Å². The summed E-state index contributed by atoms with van der Waals surface area (Å²) in [6.45, 7) is 6.25. The van der Waals surface area contributed by atoms with E-state index in [4.69, 9.17) is 5.11 Å². The van der Waals surface area contributed by atoms with E-state index in [0.717, 1.165) is 10.7 Å². The lowest BCUT2D eigenvalue weighted by molar-refractivity contribution is -0.141. The summed E-state index contributed by atoms with van der Waals surface area (Å²) in [4.78, 5) is 28.3. The Hall–Kier alpha value is -1.63. The molecule has 1 aromatic rings. The average molecular weight is 299 g/mol. The van der Waals surface area contributed by atoms with E-state index in [1.54, 1.807) is 14.0 Å². The average Bonchev–Trinajstić information content (AvgIpc) is 2.84. The number of hydrogen-bond acceptors (Lipinski definition) is 4. The van der Waals surface area contributed by atoms with Crippen LogP contribution in [0.3, 0.4) is 0 Å². The molecule has 0 aromatic carbocycles. The van der Waals surface area contributed by atoms with Crippen LogP contribution < -0.4 is 5.32 Å². The first kappa shape index (κ1) is 16.4. The van der Waals surface area contributed by atoms with E-state index >= 15 is 0 Å². The van der Waals surface area contributed by atoms with Gasteiger partial charge in [-0.2, -0.15) is 0 Å². The lowest BCUT2D eigenvalue weighted by Gasteiger charge is -2.19. The Bertz CT molecular complexity index is 473. The van der Waals surface area contributed by atoms with Gasteiger partial charge in [0.25, 0.3) is 0 Å². The minimum absolute atomic E-state index is 0.177. The number of amides is 2. The molecule has 0 aliphatic heterocycles. The first-order valence-electron chi connectivity index (χ1n) is 6.47. The first-order chi connectivity index (χ1) is 9.31. The number of rotatable bonds is 6. The van der Waals surface area contributed by atoms with E-state index in [0.29, 0.717) is 12.5 Å². The highest BCUT2D eigenvalue weighted by Gasteiger charge is 2.17. The molecule has 0 fully saturated rings. The molecule has 2 amide bonds. The lowest BCUT2D eigenvalue weighted by Crippen LogP contribution is -2.40. The van der Waals surface area contributed by atoms with Gasteiger partial charge in [0.1, 0.15) is 5.01 Å². The molecule has 112 valence electrons. The molecule has 20 heavy (non-hydrogen) atoms. The standard InChI is InChI=1S/C13H21N3O3S/c1-8(2)10-7-20-11(15-10)5-14-13(19)16(4)6-9(3)12(17)18/h7-9H,5-6H2,1-4H3,(H,14,19)(H,17,18). The fraction of sp³-hybridized carbons (Fsp3) is 0.615. The summed E-state index contributed by atoms with van der Waals surface area (Å²) < 4.78 is 0. The number of urea groups is 1. The van der Waals surface area contributed by atoms with Crippen molar-refractivity contribution >= 4 is 23.3 Å². The number of thiazole rings is 1. The van der Waals surface area contributed by atoms with Gasteiger partial charge in [0.2, 0.25) is 0 Å². The summed E-state index contributed by atoms with van der Waals surface area (Å²) in [5.74, 6) is -1.13. The van der Waals surface area contributed by atoms with E-state index in [1.807, 2.05) is 5.38 Å². The van der Waals surface area contributed by atoms with E-state index < -0.39 is 11.9 Å². The summed E-state index contributed by atoms with van der Waals surface area (Å²) in [6.07, 6.45) is 0. The van der Waals surface area contributed by atoms with Gasteiger partial charge in [-0.05, 0) is 5.92 Å². The monoisotopic (exact) mass is 299 g/mol. The second-order valence-corrected chi connectivity index (χ2v) is 6.04. The molecule has 6 nitrogen and oxygen atoms in total. The van der Waals surface area contributed by atoms with Crippen molar-refractivity contribution < 1.29 is 14.7 Å². The SMILES string of the molecule is CC(CN(C)C(=O)NCc1nc(C(C)C)cs1)C(=O)O. The molecular formula is C13H21N3O3S. The Morgan fingerprint density at radius 3 is 2.60 bits per heavy atom. The molecule has 0 spiro atoms. The van der Waals surface area contributed by atoms with Gasteiger partial charge in [0, 0.05) is 19.0 Å². The van der Waals surface area contributed by atoms with Gasteiger partial charge in [0.15, 0.2) is 0 Å². The Kier molecular flexibility index (Phi) is 5.94. The van der Waals surface area contributed by atoms with Crippen LogP contribution in [-0.4, -0.2) is 40.6 Å². The first-order valence-corrected chi connectivity index (χ1v) is 7.35. The number of carbonyl (C=O) groups excluding carboxylic acids is 1. The van der Waals surface area contributed by atoms with Crippen LogP contribution in [0.2, 0.25) is 0 Å². The van der Waals surface area contributed by atoms with Gasteiger partial charge in [-0.15, -0.1) is 11.3 Å². The second-order valence-electron chi connectivity index (χ2n) is 5.10. The number of carboxylic acids is 1. The van der Waals surface area contributed by atoms with Crippen molar-refractivity contribution in [3.8, 4) is 0 Å². The second kappa shape index (κ2) is 7.23. The Balaban J connectivity index is 2.43. The number of aromatic nitrogens is 1. The van der Waals surface area contributed by atoms with Crippen molar-refractivity contribution in [1.82, 2.24) is 15.2 Å². The topological polar surface area (TPSA) is 82.5 Å². The van der Waals surface area contributed by atoms with Crippen molar-refractivity contribution in [2.24, 2.45) is 5.92 Å². The van der Waals surface area contributed by atoms with Gasteiger partial charge in [0.05, 0.1) is 18.2 Å². The van der Waals surface area contributed by atoms with Crippen molar-refractivity contribution in [1.29, 1.82) is 0 Å². The van der Waals surface area contributed by atoms with Gasteiger partial charge in [-0.3, -0.25) is 4.79 Å². The third kappa shape index (κ3) is 4.80. The van der Waals surface area contributed by atoms with E-state index in [-0.39, 0.29) is 12.6 Å². The highest BCUT2D eigenvalue weighted by molar-refractivity contribution is 7.09. The fourth-order valence-electron chi connectivity index (χ4n) is 1.53. The minimum atomic E-state index is -0.911. The molecule has 0 aliphatic carbocycles. The Labute approximate surface area is 122 Å². The molecule has 1 rings (SSSR count). The van der Waals surface area contributed by atoms with Crippen LogP contribution >= 0.6 is 11.3 Å². The van der Waals surface area contributed by atoms with Gasteiger partial charge in [-0.1, -0.05) is 20.8 Å². The highest BCUT2D eigenvalue weighted by atomic mass is 32.1. The number of hydrogen-bond donors (Lipinski definition) is 2. The summed E-state index contributed by atoms with van der Waals surface area (Å²) in [5, 5.41) is 14.4. The Morgan fingerprint density at radius 2 is 2.10 bits per heavy atom. The molecule has 1 atom stereocenters. The molecule has 0 saturated heterocycles. The van der Waals surface area contributed by atoms with E-state index in [2.05, 4.69) is 24.1 Å². The maximum absolute atomic E-state index is 11.8. The van der Waals surface area contributed by atoms with Crippen LogP contribution in [0.25, 0.3) is 0 Å². The summed E-state index contributed by atoms with van der Waals surface area (Å²) >= 11 is 1.51. The predicted molar refractivity (Wildman–Crippen MR) is 77.9 cm³/mol. The van der Waals surface area contributed by atoms with Gasteiger partial charge < -0.3 is 15.3 Å². The van der Waals surface area contributed by atoms with Crippen LogP contribution in [0, 0.1) is 5.92 Å². The maximum atomic E-state index is 11.8. The third-order valence-corrected chi connectivity index (χ3v) is 3.73. The molecule has 2 N–H and O–H groups in total. The van der Waals surface area contributed by atoms with Gasteiger partial charge >= 0.3 is 12.0 Å². The van der Waals surface area contributed by atoms with Crippen LogP contribution in [-0.2, 0) is 11.3 Å². The van der Waals surface area contributed by atoms with Crippen molar-refractivity contribution in [2.75, 3.05) is 13.6 Å². The molecule has 1 heterocycles. The van der Waals surface area contributed by atoms with Crippen molar-refractivity contribution in [2.45, 2.75) is 33.2 Å². The third-order valence-electron chi connectivity index (χ3n) is 2.87. The predicted octanol–water partition coefficient (Wildman–Crippen LogP) is 2.13. The summed E-state index contributed by atoms with van der Waals surface area (Å²) in [7, 11) is 1.58. The number of nitrogens with one attached hydrogen (secondary N) is 1. The molecule has 0 radical (unpaired) electrons. The zero-order valence-corrected chi connectivity index (χ0v) is 13.0. The Morgan fingerprint density at radius 1 is 1.45 bits per heavy atom. The zero-order valence-electron chi connectivity index (χ0n) is 12.2. The van der Waals surface area contributed by atoms with Crippen molar-refractivity contribution in [3.63, 3.8) is 0 Å². The van der Waals surface area contributed by atoms with Crippen molar-refractivity contribution in [3.05, 3.63) is 16.1 Å². The smallest absolute Gasteiger partial charge is 0.317 e. The minimum Gasteiger partial charge on any atom is -0.481 e. The zero-order chi connectivity index (χ0) is 15.3. The normalized spacial score (nSPS) is 12.2. The highest BCUT2D eigenvalue weighted by Crippen LogP contribution is 2.17. The fourth-order valence-corrected chi connectivity index (χ4v) is 2.42. The largest absolute Gasteiger partial charge is 0.481 e. The number of nitrogens with zero attached hydrogens (tertiary/aromatic N) is 2. The molecule has 0 aliphatic rings. The van der Waals surface area contributed by atoms with Crippen LogP contribution in [0.1, 0.15) is 37.4 Å². The summed E-state index contributed by atoms with van der Waals surface area (Å²) in [5.41, 5.74) is 1.02. The molecule has 0 saturated carbocycles. The molecule has 1 aromatic heterocycles. The number of carbonyl (C=O) groups is 2. The molecule has 1 unspecified atom stereocenters. The van der Waals surface area contributed by atoms with E-state index in [1.165, 1.54) is 16.2 Å². The quantitative estimate of drug-likeness (QED) is 0.843. The van der Waals surface area contributed by atoms with Crippen LogP contribution in [0.4, 0.5) is 4.79 Å². The summed E-state index contributed by atoms with van der Waals surface area (Å²) in [6, 6.07) is -0.292. The van der Waals surface area contributed by atoms with Gasteiger partial charge in [-0.25, -0.2) is 9.78 Å². The molecular weight excluding hydrogens is 278 g/mol. The maximum Gasteiger partial charge on any atom is 0.317 e.